The Kier molecular flexibility index (Phi) is 16.3. The summed E-state index contributed by atoms with van der Waals surface area (Å²) in [4.78, 5) is 57.8. The highest BCUT2D eigenvalue weighted by molar-refractivity contribution is 7.98. The molecular weight excluding hydrogens is 512 g/mol. The average Bonchev–Trinajstić information content (AvgIpc) is 2.84. The lowest BCUT2D eigenvalue weighted by Gasteiger charge is -2.24. The third-order valence-corrected chi connectivity index (χ3v) is 5.23. The minimum Gasteiger partial charge on any atom is -0.508 e. The average molecular weight is 547 g/mol. The number of aliphatic carboxylic acids is 2. The zero-order valence-corrected chi connectivity index (χ0v) is 21.2. The molecule has 0 bridgehead atoms. The van der Waals surface area contributed by atoms with E-state index in [1.54, 1.807) is 6.26 Å². The predicted molar refractivity (Wildman–Crippen MR) is 134 cm³/mol. The fraction of sp³-hybridized carbons (Fsp3) is 0.500. The molecule has 0 saturated heterocycles. The number of rotatable bonds is 14. The van der Waals surface area contributed by atoms with E-state index in [-0.39, 0.29) is 18.6 Å². The molecule has 0 aromatic heterocycles. The first-order valence-electron chi connectivity index (χ1n) is 10.9. The third-order valence-electron chi connectivity index (χ3n) is 4.58. The van der Waals surface area contributed by atoms with Gasteiger partial charge in [-0.1, -0.05) is 12.1 Å². The molecule has 0 radical (unpaired) electrons. The second-order valence-electron chi connectivity index (χ2n) is 7.66. The fourth-order valence-corrected chi connectivity index (χ4v) is 3.14. The van der Waals surface area contributed by atoms with Crippen LogP contribution in [0, 0.1) is 0 Å². The summed E-state index contributed by atoms with van der Waals surface area (Å²) < 4.78 is 0. The Labute approximate surface area is 217 Å². The number of benzene rings is 1. The molecule has 0 spiro atoms. The highest BCUT2D eigenvalue weighted by Crippen LogP contribution is 2.12. The first-order valence-corrected chi connectivity index (χ1v) is 12.3. The molecule has 0 saturated carbocycles. The number of aliphatic hydroxyl groups excluding tert-OH is 2. The van der Waals surface area contributed by atoms with Crippen LogP contribution in [0.4, 0.5) is 0 Å². The Morgan fingerprint density at radius 2 is 1.35 bits per heavy atom. The van der Waals surface area contributed by atoms with Gasteiger partial charge in [0.1, 0.15) is 29.9 Å². The van der Waals surface area contributed by atoms with Gasteiger partial charge in [-0.3, -0.25) is 19.2 Å². The van der Waals surface area contributed by atoms with E-state index in [4.69, 9.17) is 20.7 Å². The van der Waals surface area contributed by atoms with Crippen LogP contribution < -0.4 is 21.7 Å². The number of carbonyl (C=O) groups is 5. The van der Waals surface area contributed by atoms with Gasteiger partial charge in [0, 0.05) is 13.3 Å². The Morgan fingerprint density at radius 3 is 1.81 bits per heavy atom. The number of thioether (sulfide) groups is 1. The highest BCUT2D eigenvalue weighted by atomic mass is 32.2. The number of hydrogen-bond donors (Lipinski definition) is 9. The lowest BCUT2D eigenvalue weighted by molar-refractivity contribution is -0.142. The van der Waals surface area contributed by atoms with Gasteiger partial charge in [0.2, 0.25) is 17.7 Å². The summed E-state index contributed by atoms with van der Waals surface area (Å²) in [5, 5.41) is 51.7. The summed E-state index contributed by atoms with van der Waals surface area (Å²) in [6, 6.07) is 0.607. The third kappa shape index (κ3) is 14.1. The van der Waals surface area contributed by atoms with E-state index in [2.05, 4.69) is 16.0 Å². The smallest absolute Gasteiger partial charge is 0.326 e. The fourth-order valence-electron chi connectivity index (χ4n) is 2.67. The number of nitrogens with two attached hydrogens (primary N) is 1. The molecule has 0 aliphatic carbocycles. The highest BCUT2D eigenvalue weighted by Gasteiger charge is 2.30. The van der Waals surface area contributed by atoms with Crippen molar-refractivity contribution < 1.29 is 49.5 Å². The molecule has 0 fully saturated rings. The number of aliphatic hydroxyl groups is 2. The zero-order valence-electron chi connectivity index (χ0n) is 20.4. The first-order chi connectivity index (χ1) is 17.4. The summed E-state index contributed by atoms with van der Waals surface area (Å²) in [7, 11) is 0. The molecule has 208 valence electrons. The molecule has 0 heterocycles. The number of amides is 3. The van der Waals surface area contributed by atoms with Gasteiger partial charge in [0.25, 0.3) is 5.97 Å². The van der Waals surface area contributed by atoms with Crippen LogP contribution >= 0.6 is 11.8 Å². The van der Waals surface area contributed by atoms with Crippen LogP contribution in [0.5, 0.6) is 5.75 Å². The molecular formula is C22H34N4O10S. The van der Waals surface area contributed by atoms with Crippen LogP contribution in [0.2, 0.25) is 0 Å². The zero-order chi connectivity index (χ0) is 28.5. The van der Waals surface area contributed by atoms with Crippen molar-refractivity contribution in [2.24, 2.45) is 5.73 Å². The first kappa shape index (κ1) is 33.6. The van der Waals surface area contributed by atoms with Gasteiger partial charge in [-0.15, -0.1) is 0 Å². The van der Waals surface area contributed by atoms with Gasteiger partial charge in [-0.05, 0) is 36.1 Å². The van der Waals surface area contributed by atoms with Crippen LogP contribution in [-0.2, 0) is 30.4 Å². The molecule has 10 N–H and O–H groups in total. The van der Waals surface area contributed by atoms with E-state index in [1.165, 1.54) is 36.0 Å². The lowest BCUT2D eigenvalue weighted by Crippen LogP contribution is -2.58. The van der Waals surface area contributed by atoms with Crippen molar-refractivity contribution in [3.05, 3.63) is 29.8 Å². The monoisotopic (exact) mass is 546 g/mol. The quantitative estimate of drug-likeness (QED) is 0.119. The van der Waals surface area contributed by atoms with Gasteiger partial charge in [0.05, 0.1) is 13.2 Å². The predicted octanol–water partition coefficient (Wildman–Crippen LogP) is -2.37. The molecule has 37 heavy (non-hydrogen) atoms. The summed E-state index contributed by atoms with van der Waals surface area (Å²) in [6.07, 6.45) is 1.87. The molecule has 3 amide bonds. The van der Waals surface area contributed by atoms with Crippen molar-refractivity contribution in [3.63, 3.8) is 0 Å². The van der Waals surface area contributed by atoms with Crippen LogP contribution in [0.25, 0.3) is 0 Å². The lowest BCUT2D eigenvalue weighted by atomic mass is 10.0. The maximum absolute atomic E-state index is 12.8. The number of carboxylic acid groups (broad SMARTS) is 2. The van der Waals surface area contributed by atoms with Gasteiger partial charge in [0.15, 0.2) is 0 Å². The van der Waals surface area contributed by atoms with Gasteiger partial charge in [-0.25, -0.2) is 4.79 Å². The number of aromatic hydroxyl groups is 1. The van der Waals surface area contributed by atoms with E-state index in [0.717, 1.165) is 6.92 Å². The Balaban J connectivity index is 0.00000300. The maximum atomic E-state index is 12.8. The SMILES string of the molecule is CC(=O)O.CSCCC(NC(=O)C(CO)NC(=O)C(Cc1ccc(O)cc1)NC(=O)C(N)CO)C(=O)O. The summed E-state index contributed by atoms with van der Waals surface area (Å²) >= 11 is 1.40. The summed E-state index contributed by atoms with van der Waals surface area (Å²) in [5.41, 5.74) is 6.04. The molecule has 4 unspecified atom stereocenters. The second kappa shape index (κ2) is 17.9. The molecule has 1 aromatic carbocycles. The number of carbonyl (C=O) groups excluding carboxylic acids is 3. The van der Waals surface area contributed by atoms with Gasteiger partial charge < -0.3 is 47.2 Å². The van der Waals surface area contributed by atoms with Crippen LogP contribution in [0.15, 0.2) is 24.3 Å². The Morgan fingerprint density at radius 1 is 0.865 bits per heavy atom. The van der Waals surface area contributed by atoms with E-state index >= 15 is 0 Å². The molecule has 15 heteroatoms. The number of carboxylic acids is 2. The largest absolute Gasteiger partial charge is 0.508 e. The molecule has 14 nitrogen and oxygen atoms in total. The summed E-state index contributed by atoms with van der Waals surface area (Å²) in [6.45, 7) is -0.393. The van der Waals surface area contributed by atoms with Gasteiger partial charge in [-0.2, -0.15) is 11.8 Å². The van der Waals surface area contributed by atoms with Crippen molar-refractivity contribution in [1.82, 2.24) is 16.0 Å². The normalized spacial score (nSPS) is 13.5. The van der Waals surface area contributed by atoms with Crippen LogP contribution in [0.1, 0.15) is 18.9 Å². The number of phenolic OH excluding ortho intramolecular Hbond substituents is 1. The summed E-state index contributed by atoms with van der Waals surface area (Å²) in [5.74, 6) is -4.18. The standard InChI is InChI=1S/C20H30N4O8S.C2H4O2/c1-33-7-6-14(20(31)32)22-19(30)16(10-26)24-18(29)15(23-17(28)13(21)9-25)8-11-2-4-12(27)5-3-11;1-2(3)4/h2-5,13-16,25-27H,6-10,21H2,1H3,(H,22,30)(H,23,28)(H,24,29)(H,31,32);1H3,(H,3,4). The van der Waals surface area contributed by atoms with E-state index in [9.17, 15) is 34.5 Å². The minimum atomic E-state index is -1.47. The minimum absolute atomic E-state index is 0.00226. The number of phenols is 1. The van der Waals surface area contributed by atoms with E-state index in [0.29, 0.717) is 11.3 Å². The van der Waals surface area contributed by atoms with Crippen molar-refractivity contribution >= 4 is 41.4 Å². The van der Waals surface area contributed by atoms with Crippen molar-refractivity contribution in [1.29, 1.82) is 0 Å². The Bertz CT molecular complexity index is 896. The topological polar surface area (TPSA) is 249 Å². The molecule has 0 aliphatic rings. The maximum Gasteiger partial charge on any atom is 0.326 e. The Hall–Kier alpha value is -3.40. The van der Waals surface area contributed by atoms with E-state index in [1.807, 2.05) is 0 Å². The van der Waals surface area contributed by atoms with Crippen molar-refractivity contribution in [3.8, 4) is 5.75 Å². The molecule has 1 rings (SSSR count). The van der Waals surface area contributed by atoms with Gasteiger partial charge >= 0.3 is 5.97 Å². The van der Waals surface area contributed by atoms with Crippen molar-refractivity contribution in [2.75, 3.05) is 25.2 Å². The van der Waals surface area contributed by atoms with Crippen molar-refractivity contribution in [2.45, 2.75) is 43.9 Å². The van der Waals surface area contributed by atoms with Crippen LogP contribution in [-0.4, -0.2) is 105 Å². The molecule has 4 atom stereocenters. The molecule has 0 aliphatic heterocycles. The number of nitrogens with one attached hydrogen (secondary N) is 3. The van der Waals surface area contributed by atoms with E-state index < -0.39 is 67.0 Å². The molecule has 1 aromatic rings. The number of hydrogen-bond acceptors (Lipinski definition) is 10. The van der Waals surface area contributed by atoms with Crippen LogP contribution in [0.3, 0.4) is 0 Å². The second-order valence-corrected chi connectivity index (χ2v) is 8.65.